The molecule has 96 valence electrons. The molecule has 0 radical (unpaired) electrons. The number of halogens is 2. The van der Waals surface area contributed by atoms with Gasteiger partial charge in [-0.15, -0.1) is 11.6 Å². The second kappa shape index (κ2) is 7.04. The molecule has 0 aliphatic carbocycles. The first-order valence-electron chi connectivity index (χ1n) is 5.56. The van der Waals surface area contributed by atoms with E-state index in [0.29, 0.717) is 23.6 Å². The summed E-state index contributed by atoms with van der Waals surface area (Å²) in [5.74, 6) is 1.21. The van der Waals surface area contributed by atoms with Crippen molar-refractivity contribution in [2.75, 3.05) is 25.2 Å². The molecule has 0 aromatic carbocycles. The molecular weight excluding hydrogens is 259 g/mol. The summed E-state index contributed by atoms with van der Waals surface area (Å²) in [4.78, 5) is 6.49. The van der Waals surface area contributed by atoms with Crippen molar-refractivity contribution in [3.63, 3.8) is 0 Å². The van der Waals surface area contributed by atoms with Crippen molar-refractivity contribution in [2.45, 2.75) is 25.8 Å². The Labute approximate surface area is 113 Å². The maximum Gasteiger partial charge on any atom is 0.147 e. The molecule has 0 N–H and O–H groups in total. The summed E-state index contributed by atoms with van der Waals surface area (Å²) in [5, 5.41) is 0.632. The van der Waals surface area contributed by atoms with Gasteiger partial charge in [0.1, 0.15) is 5.82 Å². The van der Waals surface area contributed by atoms with E-state index in [1.807, 2.05) is 6.07 Å². The Morgan fingerprint density at radius 3 is 2.65 bits per heavy atom. The number of aromatic nitrogens is 1. The lowest BCUT2D eigenvalue weighted by Crippen LogP contribution is -2.34. The number of hydrogen-bond acceptors (Lipinski definition) is 3. The topological polar surface area (TPSA) is 25.4 Å². The highest BCUT2D eigenvalue weighted by molar-refractivity contribution is 6.33. The Balaban J connectivity index is 2.93. The summed E-state index contributed by atoms with van der Waals surface area (Å²) in [5.41, 5.74) is 0.927. The van der Waals surface area contributed by atoms with E-state index in [1.165, 1.54) is 0 Å². The fraction of sp³-hybridized carbons (Fsp3) is 0.583. The van der Waals surface area contributed by atoms with Crippen LogP contribution in [0.25, 0.3) is 0 Å². The van der Waals surface area contributed by atoms with Gasteiger partial charge < -0.3 is 9.64 Å². The van der Waals surface area contributed by atoms with E-state index < -0.39 is 0 Å². The van der Waals surface area contributed by atoms with Crippen molar-refractivity contribution in [2.24, 2.45) is 0 Å². The second-order valence-electron chi connectivity index (χ2n) is 4.06. The minimum atomic E-state index is 0.317. The third-order valence-corrected chi connectivity index (χ3v) is 3.05. The smallest absolute Gasteiger partial charge is 0.147 e. The first-order chi connectivity index (χ1) is 8.10. The third kappa shape index (κ3) is 4.02. The van der Waals surface area contributed by atoms with E-state index in [4.69, 9.17) is 27.9 Å². The monoisotopic (exact) mass is 276 g/mol. The first kappa shape index (κ1) is 14.6. The first-order valence-corrected chi connectivity index (χ1v) is 6.47. The van der Waals surface area contributed by atoms with Gasteiger partial charge in [-0.2, -0.15) is 0 Å². The van der Waals surface area contributed by atoms with E-state index in [2.05, 4.69) is 23.7 Å². The number of anilines is 1. The Bertz CT molecular complexity index is 358. The molecule has 0 saturated heterocycles. The number of methoxy groups -OCH3 is 1. The van der Waals surface area contributed by atoms with Crippen molar-refractivity contribution in [1.29, 1.82) is 0 Å². The molecule has 3 nitrogen and oxygen atoms in total. The number of ether oxygens (including phenoxy) is 1. The molecule has 0 bridgehead atoms. The number of alkyl halides is 1. The van der Waals surface area contributed by atoms with Gasteiger partial charge in [0.15, 0.2) is 0 Å². The molecular formula is C12H18Cl2N2O. The molecule has 1 aromatic heterocycles. The highest BCUT2D eigenvalue weighted by Crippen LogP contribution is 2.26. The predicted molar refractivity (Wildman–Crippen MR) is 73.2 cm³/mol. The maximum absolute atomic E-state index is 6.22. The van der Waals surface area contributed by atoms with E-state index in [0.717, 1.165) is 17.9 Å². The van der Waals surface area contributed by atoms with Gasteiger partial charge in [0.25, 0.3) is 0 Å². The Hall–Kier alpha value is -0.510. The van der Waals surface area contributed by atoms with Crippen molar-refractivity contribution in [3.05, 3.63) is 22.8 Å². The van der Waals surface area contributed by atoms with E-state index >= 15 is 0 Å². The van der Waals surface area contributed by atoms with Gasteiger partial charge in [0.2, 0.25) is 0 Å². The number of rotatable bonds is 6. The molecule has 0 unspecified atom stereocenters. The molecule has 5 heteroatoms. The lowest BCUT2D eigenvalue weighted by Gasteiger charge is -2.28. The summed E-state index contributed by atoms with van der Waals surface area (Å²) >= 11 is 12.0. The standard InChI is InChI=1S/C12H18Cl2N2O/c1-9(2)16(4-5-17-3)12-11(14)6-10(7-13)8-15-12/h6,8-9H,4-5,7H2,1-3H3. The Morgan fingerprint density at radius 1 is 1.47 bits per heavy atom. The summed E-state index contributed by atoms with van der Waals surface area (Å²) in [6.45, 7) is 5.61. The fourth-order valence-electron chi connectivity index (χ4n) is 1.55. The SMILES string of the molecule is COCCN(c1ncc(CCl)cc1Cl)C(C)C. The molecule has 0 spiro atoms. The van der Waals surface area contributed by atoms with Crippen LogP contribution in [-0.2, 0) is 10.6 Å². The number of hydrogen-bond donors (Lipinski definition) is 0. The van der Waals surface area contributed by atoms with Crippen LogP contribution in [0.5, 0.6) is 0 Å². The van der Waals surface area contributed by atoms with Gasteiger partial charge in [0.05, 0.1) is 11.6 Å². The third-order valence-electron chi connectivity index (χ3n) is 2.46. The zero-order chi connectivity index (χ0) is 12.8. The molecule has 0 saturated carbocycles. The zero-order valence-electron chi connectivity index (χ0n) is 10.4. The van der Waals surface area contributed by atoms with E-state index in [9.17, 15) is 0 Å². The van der Waals surface area contributed by atoms with Crippen LogP contribution < -0.4 is 4.90 Å². The van der Waals surface area contributed by atoms with Gasteiger partial charge in [-0.1, -0.05) is 11.6 Å². The van der Waals surface area contributed by atoms with Crippen LogP contribution in [0.1, 0.15) is 19.4 Å². The number of nitrogens with zero attached hydrogens (tertiary/aromatic N) is 2. The molecule has 1 heterocycles. The summed E-state index contributed by atoms with van der Waals surface area (Å²) in [6, 6.07) is 2.18. The Morgan fingerprint density at radius 2 is 2.18 bits per heavy atom. The van der Waals surface area contributed by atoms with Gasteiger partial charge >= 0.3 is 0 Å². The normalized spacial score (nSPS) is 10.9. The lowest BCUT2D eigenvalue weighted by atomic mass is 10.2. The van der Waals surface area contributed by atoms with Crippen molar-refractivity contribution in [1.82, 2.24) is 4.98 Å². The molecule has 0 fully saturated rings. The van der Waals surface area contributed by atoms with Crippen LogP contribution >= 0.6 is 23.2 Å². The summed E-state index contributed by atoms with van der Waals surface area (Å²) in [7, 11) is 1.68. The summed E-state index contributed by atoms with van der Waals surface area (Å²) in [6.07, 6.45) is 1.76. The van der Waals surface area contributed by atoms with Gasteiger partial charge in [-0.25, -0.2) is 4.98 Å². The predicted octanol–water partition coefficient (Wildman–Crippen LogP) is 3.34. The minimum absolute atomic E-state index is 0.317. The van der Waals surface area contributed by atoms with Crippen molar-refractivity contribution < 1.29 is 4.74 Å². The zero-order valence-corrected chi connectivity index (χ0v) is 11.9. The average Bonchev–Trinajstić information content (AvgIpc) is 2.30. The van der Waals surface area contributed by atoms with Crippen molar-refractivity contribution in [3.8, 4) is 0 Å². The molecule has 1 rings (SSSR count). The van der Waals surface area contributed by atoms with Crippen molar-refractivity contribution >= 4 is 29.0 Å². The molecule has 0 aliphatic rings. The molecule has 0 amide bonds. The maximum atomic E-state index is 6.22. The highest BCUT2D eigenvalue weighted by Gasteiger charge is 2.15. The highest BCUT2D eigenvalue weighted by atomic mass is 35.5. The van der Waals surface area contributed by atoms with Gasteiger partial charge in [-0.3, -0.25) is 0 Å². The quantitative estimate of drug-likeness (QED) is 0.746. The largest absolute Gasteiger partial charge is 0.383 e. The van der Waals surface area contributed by atoms with Crippen LogP contribution in [0, 0.1) is 0 Å². The van der Waals surface area contributed by atoms with Crippen LogP contribution in [0.2, 0.25) is 5.02 Å². The second-order valence-corrected chi connectivity index (χ2v) is 4.74. The number of pyridine rings is 1. The van der Waals surface area contributed by atoms with Crippen LogP contribution in [0.3, 0.4) is 0 Å². The van der Waals surface area contributed by atoms with Crippen LogP contribution in [0.4, 0.5) is 5.82 Å². The van der Waals surface area contributed by atoms with Crippen LogP contribution in [-0.4, -0.2) is 31.3 Å². The van der Waals surface area contributed by atoms with E-state index in [-0.39, 0.29) is 0 Å². The molecule has 17 heavy (non-hydrogen) atoms. The fourth-order valence-corrected chi connectivity index (χ4v) is 2.00. The Kier molecular flexibility index (Phi) is 6.03. The van der Waals surface area contributed by atoms with Gasteiger partial charge in [0, 0.05) is 31.8 Å². The molecule has 0 aliphatic heterocycles. The van der Waals surface area contributed by atoms with E-state index in [1.54, 1.807) is 13.3 Å². The van der Waals surface area contributed by atoms with Gasteiger partial charge in [-0.05, 0) is 25.5 Å². The lowest BCUT2D eigenvalue weighted by molar-refractivity contribution is 0.203. The molecule has 1 aromatic rings. The average molecular weight is 277 g/mol. The minimum Gasteiger partial charge on any atom is -0.383 e. The molecule has 0 atom stereocenters. The summed E-state index contributed by atoms with van der Waals surface area (Å²) < 4.78 is 5.10. The van der Waals surface area contributed by atoms with Crippen LogP contribution in [0.15, 0.2) is 12.3 Å².